The van der Waals surface area contributed by atoms with Crippen molar-refractivity contribution in [2.24, 2.45) is 0 Å². The third-order valence-electron chi connectivity index (χ3n) is 3.29. The summed E-state index contributed by atoms with van der Waals surface area (Å²) in [5, 5.41) is 18.9. The Morgan fingerprint density at radius 3 is 2.95 bits per heavy atom. The molecule has 0 atom stereocenters. The number of hydrogen-bond donors (Lipinski definition) is 2. The highest BCUT2D eigenvalue weighted by atomic mass is 15.2. The fourth-order valence-corrected chi connectivity index (χ4v) is 2.11. The molecule has 0 fully saturated rings. The average Bonchev–Trinajstić information content (AvgIpc) is 3.09. The number of rotatable bonds is 4. The molecule has 0 radical (unpaired) electrons. The highest BCUT2D eigenvalue weighted by molar-refractivity contribution is 5.55. The minimum atomic E-state index is 0.445. The van der Waals surface area contributed by atoms with Crippen LogP contribution >= 0.6 is 0 Å². The maximum absolute atomic E-state index is 9.01. The van der Waals surface area contributed by atoms with Crippen LogP contribution in [0.25, 0.3) is 11.4 Å². The Morgan fingerprint density at radius 1 is 1.27 bits per heavy atom. The van der Waals surface area contributed by atoms with Crippen molar-refractivity contribution in [2.45, 2.75) is 13.5 Å². The first-order valence-corrected chi connectivity index (χ1v) is 6.82. The van der Waals surface area contributed by atoms with Crippen LogP contribution in [0.15, 0.2) is 42.7 Å². The minimum absolute atomic E-state index is 0.445. The molecule has 1 aromatic carbocycles. The number of pyridine rings is 1. The molecule has 22 heavy (non-hydrogen) atoms. The summed E-state index contributed by atoms with van der Waals surface area (Å²) in [6, 6.07) is 13.8. The van der Waals surface area contributed by atoms with Crippen molar-refractivity contribution >= 4 is 5.82 Å². The zero-order valence-electron chi connectivity index (χ0n) is 12.0. The molecule has 0 aliphatic carbocycles. The van der Waals surface area contributed by atoms with E-state index in [0.29, 0.717) is 18.1 Å². The van der Waals surface area contributed by atoms with Crippen molar-refractivity contribution in [3.8, 4) is 17.5 Å². The standard InChI is InChI=1S/C16H14N6/c1-11-5-6-15(21-14(11)8-17)18-9-12-3-2-4-13(7-12)16-19-10-20-22-16/h2-7,10H,9H2,1H3,(H,18,21)(H,19,20,22). The van der Waals surface area contributed by atoms with Crippen LogP contribution < -0.4 is 5.32 Å². The van der Waals surface area contributed by atoms with Gasteiger partial charge in [0, 0.05) is 12.1 Å². The lowest BCUT2D eigenvalue weighted by Gasteiger charge is -2.08. The maximum Gasteiger partial charge on any atom is 0.155 e. The molecule has 0 spiro atoms. The molecular weight excluding hydrogens is 276 g/mol. The minimum Gasteiger partial charge on any atom is -0.366 e. The zero-order chi connectivity index (χ0) is 15.4. The number of nitrogens with zero attached hydrogens (tertiary/aromatic N) is 4. The largest absolute Gasteiger partial charge is 0.366 e. The number of anilines is 1. The van der Waals surface area contributed by atoms with Crippen LogP contribution in [0.5, 0.6) is 0 Å². The molecule has 0 saturated heterocycles. The van der Waals surface area contributed by atoms with E-state index < -0.39 is 0 Å². The smallest absolute Gasteiger partial charge is 0.155 e. The van der Waals surface area contributed by atoms with E-state index in [1.807, 2.05) is 43.3 Å². The number of aryl methyl sites for hydroxylation is 1. The van der Waals surface area contributed by atoms with Crippen LogP contribution in [0.2, 0.25) is 0 Å². The van der Waals surface area contributed by atoms with E-state index in [-0.39, 0.29) is 0 Å². The number of nitrogens with one attached hydrogen (secondary N) is 2. The van der Waals surface area contributed by atoms with Gasteiger partial charge < -0.3 is 5.32 Å². The molecule has 3 aromatic rings. The molecular formula is C16H14N6. The van der Waals surface area contributed by atoms with Crippen LogP contribution in [-0.4, -0.2) is 20.2 Å². The first-order chi connectivity index (χ1) is 10.8. The van der Waals surface area contributed by atoms with Gasteiger partial charge in [-0.05, 0) is 30.2 Å². The molecule has 0 bridgehead atoms. The SMILES string of the molecule is Cc1ccc(NCc2cccc(-c3ncn[nH]3)c2)nc1C#N. The molecule has 6 nitrogen and oxygen atoms in total. The van der Waals surface area contributed by atoms with E-state index in [2.05, 4.69) is 31.6 Å². The van der Waals surface area contributed by atoms with Crippen molar-refractivity contribution in [3.63, 3.8) is 0 Å². The molecule has 6 heteroatoms. The monoisotopic (exact) mass is 290 g/mol. The Labute approximate surface area is 127 Å². The molecule has 0 aliphatic rings. The van der Waals surface area contributed by atoms with Gasteiger partial charge in [0.05, 0.1) is 0 Å². The molecule has 108 valence electrons. The number of hydrogen-bond acceptors (Lipinski definition) is 5. The summed E-state index contributed by atoms with van der Waals surface area (Å²) in [5.74, 6) is 1.43. The van der Waals surface area contributed by atoms with Gasteiger partial charge in [-0.15, -0.1) is 0 Å². The predicted molar refractivity (Wildman–Crippen MR) is 82.8 cm³/mol. The summed E-state index contributed by atoms with van der Waals surface area (Å²) < 4.78 is 0. The van der Waals surface area contributed by atoms with Crippen molar-refractivity contribution in [1.82, 2.24) is 20.2 Å². The summed E-state index contributed by atoms with van der Waals surface area (Å²) in [5.41, 5.74) is 3.39. The summed E-state index contributed by atoms with van der Waals surface area (Å²) >= 11 is 0. The van der Waals surface area contributed by atoms with Gasteiger partial charge in [0.1, 0.15) is 23.9 Å². The highest BCUT2D eigenvalue weighted by Gasteiger charge is 2.04. The van der Waals surface area contributed by atoms with Crippen LogP contribution in [0, 0.1) is 18.3 Å². The van der Waals surface area contributed by atoms with Gasteiger partial charge in [-0.1, -0.05) is 24.3 Å². The van der Waals surface area contributed by atoms with E-state index in [1.165, 1.54) is 6.33 Å². The number of nitriles is 1. The fraction of sp³-hybridized carbons (Fsp3) is 0.125. The molecule has 2 aromatic heterocycles. The van der Waals surface area contributed by atoms with Crippen molar-refractivity contribution in [3.05, 3.63) is 59.5 Å². The summed E-state index contributed by atoms with van der Waals surface area (Å²) in [7, 11) is 0. The normalized spacial score (nSPS) is 10.2. The van der Waals surface area contributed by atoms with Gasteiger partial charge >= 0.3 is 0 Å². The fourth-order valence-electron chi connectivity index (χ4n) is 2.11. The Morgan fingerprint density at radius 2 is 2.18 bits per heavy atom. The average molecular weight is 290 g/mol. The van der Waals surface area contributed by atoms with Gasteiger partial charge in [-0.2, -0.15) is 10.4 Å². The van der Waals surface area contributed by atoms with Gasteiger partial charge in [-0.25, -0.2) is 9.97 Å². The lowest BCUT2D eigenvalue weighted by molar-refractivity contribution is 1.08. The second-order valence-electron chi connectivity index (χ2n) is 4.86. The topological polar surface area (TPSA) is 90.3 Å². The van der Waals surface area contributed by atoms with Crippen molar-refractivity contribution < 1.29 is 0 Å². The first kappa shape index (κ1) is 13.8. The van der Waals surface area contributed by atoms with Crippen LogP contribution in [-0.2, 0) is 6.54 Å². The molecule has 3 rings (SSSR count). The van der Waals surface area contributed by atoms with E-state index >= 15 is 0 Å². The number of benzene rings is 1. The number of aromatic amines is 1. The molecule has 0 saturated carbocycles. The van der Waals surface area contributed by atoms with Gasteiger partial charge in [0.15, 0.2) is 5.82 Å². The molecule has 2 N–H and O–H groups in total. The van der Waals surface area contributed by atoms with E-state index in [9.17, 15) is 0 Å². The Balaban J connectivity index is 1.74. The van der Waals surface area contributed by atoms with E-state index in [1.54, 1.807) is 0 Å². The number of aromatic nitrogens is 4. The van der Waals surface area contributed by atoms with Gasteiger partial charge in [-0.3, -0.25) is 5.10 Å². The lowest BCUT2D eigenvalue weighted by Crippen LogP contribution is -2.03. The van der Waals surface area contributed by atoms with Gasteiger partial charge in [0.2, 0.25) is 0 Å². The highest BCUT2D eigenvalue weighted by Crippen LogP contribution is 2.16. The Bertz CT molecular complexity index is 817. The van der Waals surface area contributed by atoms with Crippen LogP contribution in [0.1, 0.15) is 16.8 Å². The Hall–Kier alpha value is -3.20. The van der Waals surface area contributed by atoms with Crippen LogP contribution in [0.4, 0.5) is 5.82 Å². The Kier molecular flexibility index (Phi) is 3.79. The molecule has 2 heterocycles. The maximum atomic E-state index is 9.01. The second-order valence-corrected chi connectivity index (χ2v) is 4.86. The predicted octanol–water partition coefficient (Wildman–Crippen LogP) is 2.66. The van der Waals surface area contributed by atoms with Gasteiger partial charge in [0.25, 0.3) is 0 Å². The van der Waals surface area contributed by atoms with Crippen molar-refractivity contribution in [1.29, 1.82) is 5.26 Å². The number of H-pyrrole nitrogens is 1. The summed E-state index contributed by atoms with van der Waals surface area (Å²) in [6.45, 7) is 2.49. The third kappa shape index (κ3) is 2.94. The summed E-state index contributed by atoms with van der Waals surface area (Å²) in [4.78, 5) is 8.42. The lowest BCUT2D eigenvalue weighted by atomic mass is 10.1. The molecule has 0 unspecified atom stereocenters. The third-order valence-corrected chi connectivity index (χ3v) is 3.29. The molecule has 0 aliphatic heterocycles. The van der Waals surface area contributed by atoms with Crippen molar-refractivity contribution in [2.75, 3.05) is 5.32 Å². The second kappa shape index (κ2) is 6.06. The summed E-state index contributed by atoms with van der Waals surface area (Å²) in [6.07, 6.45) is 1.49. The molecule has 0 amide bonds. The van der Waals surface area contributed by atoms with Crippen LogP contribution in [0.3, 0.4) is 0 Å². The quantitative estimate of drug-likeness (QED) is 0.771. The van der Waals surface area contributed by atoms with E-state index in [4.69, 9.17) is 5.26 Å². The van der Waals surface area contributed by atoms with E-state index in [0.717, 1.165) is 22.5 Å². The first-order valence-electron chi connectivity index (χ1n) is 6.82. The zero-order valence-corrected chi connectivity index (χ0v) is 12.0.